The largest absolute Gasteiger partial charge is 0.497 e. The molecule has 118 valence electrons. The molecule has 0 aliphatic heterocycles. The van der Waals surface area contributed by atoms with Crippen molar-refractivity contribution >= 4 is 5.96 Å². The van der Waals surface area contributed by atoms with Gasteiger partial charge in [-0.1, -0.05) is 12.1 Å². The Balaban J connectivity index is 1.88. The summed E-state index contributed by atoms with van der Waals surface area (Å²) in [4.78, 5) is 4.61. The quantitative estimate of drug-likeness (QED) is 0.609. The third-order valence-electron chi connectivity index (χ3n) is 3.23. The van der Waals surface area contributed by atoms with Crippen molar-refractivity contribution in [1.82, 2.24) is 15.2 Å². The van der Waals surface area contributed by atoms with E-state index < -0.39 is 0 Å². The topological polar surface area (TPSA) is 50.6 Å². The lowest BCUT2D eigenvalue weighted by Gasteiger charge is -2.12. The van der Waals surface area contributed by atoms with Gasteiger partial charge in [0.25, 0.3) is 0 Å². The minimum Gasteiger partial charge on any atom is -0.497 e. The van der Waals surface area contributed by atoms with Crippen molar-refractivity contribution in [2.75, 3.05) is 20.2 Å². The van der Waals surface area contributed by atoms with Crippen molar-refractivity contribution in [2.24, 2.45) is 4.99 Å². The van der Waals surface area contributed by atoms with Crippen molar-refractivity contribution in [3.8, 4) is 5.75 Å². The molecule has 0 unspecified atom stereocenters. The highest BCUT2D eigenvalue weighted by molar-refractivity contribution is 5.79. The molecule has 0 amide bonds. The van der Waals surface area contributed by atoms with Crippen LogP contribution in [-0.4, -0.2) is 30.7 Å². The Morgan fingerprint density at radius 2 is 2.00 bits per heavy atom. The first-order chi connectivity index (χ1) is 10.8. The molecule has 2 aromatic rings. The Bertz CT molecular complexity index is 578. The number of aromatic nitrogens is 1. The Morgan fingerprint density at radius 3 is 2.73 bits per heavy atom. The molecule has 22 heavy (non-hydrogen) atoms. The molecule has 0 bridgehead atoms. The molecule has 5 nitrogen and oxygen atoms in total. The van der Waals surface area contributed by atoms with Gasteiger partial charge in [-0.25, -0.2) is 4.99 Å². The summed E-state index contributed by atoms with van der Waals surface area (Å²) in [5, 5.41) is 6.60. The van der Waals surface area contributed by atoms with Crippen LogP contribution in [0.4, 0.5) is 0 Å². The average Bonchev–Trinajstić information content (AvgIpc) is 3.06. The zero-order valence-corrected chi connectivity index (χ0v) is 13.2. The Labute approximate surface area is 132 Å². The number of guanidine groups is 1. The molecule has 0 aliphatic carbocycles. The van der Waals surface area contributed by atoms with Crippen molar-refractivity contribution in [3.63, 3.8) is 0 Å². The van der Waals surface area contributed by atoms with Gasteiger partial charge in [-0.3, -0.25) is 0 Å². The molecule has 0 atom stereocenters. The summed E-state index contributed by atoms with van der Waals surface area (Å²) in [6.45, 7) is 5.27. The summed E-state index contributed by atoms with van der Waals surface area (Å²) < 4.78 is 7.37. The molecule has 2 rings (SSSR count). The number of nitrogens with one attached hydrogen (secondary N) is 2. The highest BCUT2D eigenvalue weighted by Crippen LogP contribution is 2.13. The maximum Gasteiger partial charge on any atom is 0.191 e. The van der Waals surface area contributed by atoms with Gasteiger partial charge in [0.05, 0.1) is 13.7 Å². The van der Waals surface area contributed by atoms with E-state index in [1.807, 2.05) is 30.3 Å². The molecule has 0 fully saturated rings. The lowest BCUT2D eigenvalue weighted by Crippen LogP contribution is -2.38. The Kier molecular flexibility index (Phi) is 6.36. The summed E-state index contributed by atoms with van der Waals surface area (Å²) in [6, 6.07) is 12.0. The van der Waals surface area contributed by atoms with Gasteiger partial charge in [0.1, 0.15) is 5.75 Å². The fraction of sp³-hybridized carbons (Fsp3) is 0.353. The van der Waals surface area contributed by atoms with E-state index in [2.05, 4.69) is 45.6 Å². The van der Waals surface area contributed by atoms with E-state index in [-0.39, 0.29) is 0 Å². The molecule has 1 aromatic carbocycles. The Morgan fingerprint density at radius 1 is 1.18 bits per heavy atom. The summed E-state index contributed by atoms with van der Waals surface area (Å²) in [5.41, 5.74) is 1.13. The lowest BCUT2D eigenvalue weighted by molar-refractivity contribution is 0.414. The molecule has 0 aliphatic rings. The van der Waals surface area contributed by atoms with Crippen LogP contribution in [0.15, 0.2) is 53.8 Å². The van der Waals surface area contributed by atoms with Gasteiger partial charge in [0.2, 0.25) is 0 Å². The molecule has 1 heterocycles. The van der Waals surface area contributed by atoms with E-state index in [0.717, 1.165) is 36.9 Å². The molecule has 5 heteroatoms. The van der Waals surface area contributed by atoms with E-state index in [9.17, 15) is 0 Å². The smallest absolute Gasteiger partial charge is 0.191 e. The lowest BCUT2D eigenvalue weighted by atomic mass is 10.2. The maximum atomic E-state index is 5.23. The summed E-state index contributed by atoms with van der Waals surface area (Å²) >= 11 is 0. The van der Waals surface area contributed by atoms with Gasteiger partial charge < -0.3 is 19.9 Å². The third kappa shape index (κ3) is 5.16. The van der Waals surface area contributed by atoms with Crippen LogP contribution in [0.2, 0.25) is 0 Å². The van der Waals surface area contributed by atoms with Gasteiger partial charge in [-0.15, -0.1) is 0 Å². The first-order valence-electron chi connectivity index (χ1n) is 7.57. The van der Waals surface area contributed by atoms with Crippen LogP contribution in [0.5, 0.6) is 5.75 Å². The molecular formula is C17H24N4O. The van der Waals surface area contributed by atoms with Crippen LogP contribution in [-0.2, 0) is 13.1 Å². The van der Waals surface area contributed by atoms with Crippen molar-refractivity contribution in [1.29, 1.82) is 0 Å². The van der Waals surface area contributed by atoms with Crippen LogP contribution in [0, 0.1) is 0 Å². The molecule has 0 radical (unpaired) electrons. The van der Waals surface area contributed by atoms with Crippen LogP contribution >= 0.6 is 0 Å². The van der Waals surface area contributed by atoms with Gasteiger partial charge in [0, 0.05) is 32.0 Å². The van der Waals surface area contributed by atoms with Crippen molar-refractivity contribution in [2.45, 2.75) is 20.0 Å². The number of aliphatic imine (C=N–C) groups is 1. The minimum absolute atomic E-state index is 0.621. The van der Waals surface area contributed by atoms with Gasteiger partial charge >= 0.3 is 0 Å². The standard InChI is InChI=1S/C17H24N4O/c1-3-18-17(19-9-12-21-10-4-5-11-21)20-14-15-7-6-8-16(13-15)22-2/h4-8,10-11,13H,3,9,12,14H2,1-2H3,(H2,18,19,20). The van der Waals surface area contributed by atoms with Gasteiger partial charge in [-0.05, 0) is 36.8 Å². The summed E-state index contributed by atoms with van der Waals surface area (Å²) in [5.74, 6) is 1.69. The number of ether oxygens (including phenoxy) is 1. The second-order valence-electron chi connectivity index (χ2n) is 4.89. The second-order valence-corrected chi connectivity index (χ2v) is 4.89. The predicted octanol–water partition coefficient (Wildman–Crippen LogP) is 2.25. The van der Waals surface area contributed by atoms with Crippen LogP contribution < -0.4 is 15.4 Å². The summed E-state index contributed by atoms with van der Waals surface area (Å²) in [7, 11) is 1.68. The number of benzene rings is 1. The van der Waals surface area contributed by atoms with E-state index in [0.29, 0.717) is 6.54 Å². The highest BCUT2D eigenvalue weighted by atomic mass is 16.5. The predicted molar refractivity (Wildman–Crippen MR) is 90.2 cm³/mol. The zero-order chi connectivity index (χ0) is 15.6. The van der Waals surface area contributed by atoms with Crippen molar-refractivity contribution < 1.29 is 4.74 Å². The number of hydrogen-bond acceptors (Lipinski definition) is 2. The SMILES string of the molecule is CCNC(=NCc1cccc(OC)c1)NCCn1cccc1. The van der Waals surface area contributed by atoms with E-state index >= 15 is 0 Å². The molecule has 1 aromatic heterocycles. The molecule has 2 N–H and O–H groups in total. The fourth-order valence-electron chi connectivity index (χ4n) is 2.11. The number of methoxy groups -OCH3 is 1. The van der Waals surface area contributed by atoms with E-state index in [4.69, 9.17) is 4.74 Å². The van der Waals surface area contributed by atoms with E-state index in [1.165, 1.54) is 0 Å². The number of rotatable bonds is 7. The second kappa shape index (κ2) is 8.77. The first-order valence-corrected chi connectivity index (χ1v) is 7.57. The molecule has 0 saturated carbocycles. The maximum absolute atomic E-state index is 5.23. The molecule has 0 spiro atoms. The van der Waals surface area contributed by atoms with Crippen molar-refractivity contribution in [3.05, 3.63) is 54.4 Å². The third-order valence-corrected chi connectivity index (χ3v) is 3.23. The minimum atomic E-state index is 0.621. The first kappa shape index (κ1) is 15.9. The average molecular weight is 300 g/mol. The van der Waals surface area contributed by atoms with Gasteiger partial charge in [-0.2, -0.15) is 0 Å². The number of nitrogens with zero attached hydrogens (tertiary/aromatic N) is 2. The zero-order valence-electron chi connectivity index (χ0n) is 13.2. The Hall–Kier alpha value is -2.43. The summed E-state index contributed by atoms with van der Waals surface area (Å²) in [6.07, 6.45) is 4.12. The number of hydrogen-bond donors (Lipinski definition) is 2. The molecular weight excluding hydrogens is 276 g/mol. The van der Waals surface area contributed by atoms with Crippen LogP contribution in [0.3, 0.4) is 0 Å². The van der Waals surface area contributed by atoms with E-state index in [1.54, 1.807) is 7.11 Å². The van der Waals surface area contributed by atoms with Crippen LogP contribution in [0.25, 0.3) is 0 Å². The fourth-order valence-corrected chi connectivity index (χ4v) is 2.11. The highest BCUT2D eigenvalue weighted by Gasteiger charge is 1.99. The monoisotopic (exact) mass is 300 g/mol. The molecule has 0 saturated heterocycles. The van der Waals surface area contributed by atoms with Crippen LogP contribution in [0.1, 0.15) is 12.5 Å². The van der Waals surface area contributed by atoms with Gasteiger partial charge in [0.15, 0.2) is 5.96 Å². The normalized spacial score (nSPS) is 11.3.